The Morgan fingerprint density at radius 3 is 2.33 bits per heavy atom. The van der Waals surface area contributed by atoms with Crippen LogP contribution in [0.3, 0.4) is 0 Å². The minimum absolute atomic E-state index is 0.0564. The molecule has 172 valence electrons. The maximum atomic E-state index is 12.8. The van der Waals surface area contributed by atoms with Crippen LogP contribution in [0.4, 0.5) is 17.3 Å². The number of fused-ring (bicyclic) bond motifs is 1. The van der Waals surface area contributed by atoms with Crippen molar-refractivity contribution in [1.82, 2.24) is 9.97 Å². The normalized spacial score (nSPS) is 15.8. The predicted molar refractivity (Wildman–Crippen MR) is 121 cm³/mol. The van der Waals surface area contributed by atoms with Crippen molar-refractivity contribution in [2.75, 3.05) is 27.1 Å². The summed E-state index contributed by atoms with van der Waals surface area (Å²) in [7, 11) is -7.56. The van der Waals surface area contributed by atoms with Crippen molar-refractivity contribution in [3.63, 3.8) is 0 Å². The Labute approximate surface area is 190 Å². The lowest BCUT2D eigenvalue weighted by Gasteiger charge is -2.33. The number of nitrogens with one attached hydrogen (secondary N) is 2. The maximum Gasteiger partial charge on any atom is 0.267 e. The molecule has 13 heteroatoms. The van der Waals surface area contributed by atoms with Crippen LogP contribution in [0.1, 0.15) is 0 Å². The van der Waals surface area contributed by atoms with E-state index in [1.54, 1.807) is 30.3 Å². The molecule has 1 atom stereocenters. The average Bonchev–Trinajstić information content (AvgIpc) is 2.78. The number of sulfonamides is 2. The van der Waals surface area contributed by atoms with Gasteiger partial charge in [0.2, 0.25) is 16.0 Å². The van der Waals surface area contributed by atoms with E-state index in [0.29, 0.717) is 11.4 Å². The van der Waals surface area contributed by atoms with Gasteiger partial charge in [-0.05, 0) is 42.5 Å². The van der Waals surface area contributed by atoms with Gasteiger partial charge >= 0.3 is 0 Å². The molecule has 33 heavy (non-hydrogen) atoms. The third-order valence-corrected chi connectivity index (χ3v) is 7.14. The van der Waals surface area contributed by atoms with Crippen LogP contribution in [0.15, 0.2) is 71.9 Å². The van der Waals surface area contributed by atoms with Gasteiger partial charge in [0, 0.05) is 18.1 Å². The topological polar surface area (TPSA) is 148 Å². The van der Waals surface area contributed by atoms with Gasteiger partial charge in [0.15, 0.2) is 6.10 Å². The molecule has 1 aromatic heterocycles. The first-order valence-corrected chi connectivity index (χ1v) is 12.9. The molecule has 0 saturated heterocycles. The summed E-state index contributed by atoms with van der Waals surface area (Å²) in [6.45, 7) is -0.199. The van der Waals surface area contributed by atoms with E-state index in [4.69, 9.17) is 4.74 Å². The van der Waals surface area contributed by atoms with E-state index in [1.807, 2.05) is 0 Å². The zero-order chi connectivity index (χ0) is 23.6. The molecule has 2 N–H and O–H groups in total. The van der Waals surface area contributed by atoms with Gasteiger partial charge in [-0.25, -0.2) is 31.5 Å². The molecule has 2 aromatic carbocycles. The van der Waals surface area contributed by atoms with E-state index in [1.165, 1.54) is 36.7 Å². The van der Waals surface area contributed by atoms with Crippen LogP contribution in [0.2, 0.25) is 0 Å². The quantitative estimate of drug-likeness (QED) is 0.529. The number of anilines is 3. The van der Waals surface area contributed by atoms with Gasteiger partial charge in [0.05, 0.1) is 23.4 Å². The first-order chi connectivity index (χ1) is 15.6. The molecule has 11 nitrogen and oxygen atoms in total. The third-order valence-electron chi connectivity index (χ3n) is 4.65. The molecule has 0 bridgehead atoms. The Bertz CT molecular complexity index is 1380. The monoisotopic (exact) mass is 489 g/mol. The Morgan fingerprint density at radius 1 is 1.00 bits per heavy atom. The van der Waals surface area contributed by atoms with Crippen LogP contribution in [-0.4, -0.2) is 51.6 Å². The van der Waals surface area contributed by atoms with E-state index in [0.717, 1.165) is 10.6 Å². The van der Waals surface area contributed by atoms with Crippen molar-refractivity contribution in [3.8, 4) is 5.75 Å². The molecule has 0 saturated carbocycles. The molecule has 2 heterocycles. The summed E-state index contributed by atoms with van der Waals surface area (Å²) in [5, 5.41) is 2.62. The highest BCUT2D eigenvalue weighted by molar-refractivity contribution is 7.92. The van der Waals surface area contributed by atoms with Crippen LogP contribution < -0.4 is 19.1 Å². The fourth-order valence-electron chi connectivity index (χ4n) is 3.12. The maximum absolute atomic E-state index is 12.8. The lowest BCUT2D eigenvalue weighted by Crippen LogP contribution is -2.48. The number of ether oxygens (including phenoxy) is 1. The molecule has 1 aliphatic rings. The number of amides is 1. The molecule has 1 aliphatic heterocycles. The van der Waals surface area contributed by atoms with Crippen molar-refractivity contribution in [2.24, 2.45) is 0 Å². The predicted octanol–water partition coefficient (Wildman–Crippen LogP) is 1.44. The molecular formula is C20H19N5O6S2. The van der Waals surface area contributed by atoms with Crippen molar-refractivity contribution in [2.45, 2.75) is 11.0 Å². The minimum Gasteiger partial charge on any atom is -0.476 e. The third kappa shape index (κ3) is 5.04. The number of para-hydroxylation sites is 2. The van der Waals surface area contributed by atoms with Crippen LogP contribution in [-0.2, 0) is 24.8 Å². The molecule has 0 radical (unpaired) electrons. The van der Waals surface area contributed by atoms with Gasteiger partial charge in [0.25, 0.3) is 15.9 Å². The molecule has 0 aliphatic carbocycles. The largest absolute Gasteiger partial charge is 0.476 e. The zero-order valence-corrected chi connectivity index (χ0v) is 18.9. The van der Waals surface area contributed by atoms with Gasteiger partial charge < -0.3 is 10.1 Å². The van der Waals surface area contributed by atoms with Crippen LogP contribution in [0, 0.1) is 0 Å². The summed E-state index contributed by atoms with van der Waals surface area (Å²) in [5.41, 5.74) is 0.664. The fraction of sp³-hybridized carbons (Fsp3) is 0.150. The number of aromatic nitrogens is 2. The summed E-state index contributed by atoms with van der Waals surface area (Å²) < 4.78 is 58.4. The lowest BCUT2D eigenvalue weighted by atomic mass is 10.2. The number of benzene rings is 2. The summed E-state index contributed by atoms with van der Waals surface area (Å²) in [4.78, 5) is 20.3. The summed E-state index contributed by atoms with van der Waals surface area (Å²) in [6.07, 6.45) is 2.76. The molecule has 3 aromatic rings. The zero-order valence-electron chi connectivity index (χ0n) is 17.2. The highest BCUT2D eigenvalue weighted by Gasteiger charge is 2.34. The highest BCUT2D eigenvalue weighted by atomic mass is 32.2. The minimum atomic E-state index is -3.92. The second-order valence-corrected chi connectivity index (χ2v) is 10.6. The van der Waals surface area contributed by atoms with E-state index < -0.39 is 32.1 Å². The summed E-state index contributed by atoms with van der Waals surface area (Å²) >= 11 is 0. The number of carbonyl (C=O) groups is 1. The van der Waals surface area contributed by atoms with E-state index in [2.05, 4.69) is 20.0 Å². The molecule has 0 spiro atoms. The number of hydrogen-bond acceptors (Lipinski definition) is 8. The van der Waals surface area contributed by atoms with Crippen molar-refractivity contribution >= 4 is 43.3 Å². The molecule has 1 amide bonds. The van der Waals surface area contributed by atoms with Crippen LogP contribution >= 0.6 is 0 Å². The number of carbonyl (C=O) groups excluding carboxylic acids is 1. The number of nitrogens with zero attached hydrogens (tertiary/aromatic N) is 3. The van der Waals surface area contributed by atoms with Gasteiger partial charge in [-0.15, -0.1) is 0 Å². The Morgan fingerprint density at radius 2 is 1.67 bits per heavy atom. The van der Waals surface area contributed by atoms with Crippen molar-refractivity contribution in [3.05, 3.63) is 67.0 Å². The van der Waals surface area contributed by atoms with Gasteiger partial charge in [-0.1, -0.05) is 12.1 Å². The average molecular weight is 490 g/mol. The number of hydrogen-bond donors (Lipinski definition) is 2. The van der Waals surface area contributed by atoms with E-state index in [9.17, 15) is 21.6 Å². The second-order valence-electron chi connectivity index (χ2n) is 7.06. The Hall–Kier alpha value is -3.71. The smallest absolute Gasteiger partial charge is 0.267 e. The van der Waals surface area contributed by atoms with E-state index >= 15 is 0 Å². The van der Waals surface area contributed by atoms with Crippen molar-refractivity contribution < 1.29 is 26.4 Å². The standard InChI is InChI=1S/C20H19N5O6S2/c1-32(27,28)25-13-18(31-17-6-3-2-5-16(17)25)19(26)23-14-7-9-15(10-8-14)33(29,30)24-20-21-11-4-12-22-20/h2-12,18H,13H2,1H3,(H,23,26)(H,21,22,24)/t18-/m1/s1. The first kappa shape index (κ1) is 22.5. The highest BCUT2D eigenvalue weighted by Crippen LogP contribution is 2.34. The van der Waals surface area contributed by atoms with Crippen LogP contribution in [0.5, 0.6) is 5.75 Å². The van der Waals surface area contributed by atoms with Gasteiger partial charge in [-0.2, -0.15) is 0 Å². The van der Waals surface area contributed by atoms with Gasteiger partial charge in [-0.3, -0.25) is 9.10 Å². The second kappa shape index (κ2) is 8.67. The molecule has 4 rings (SSSR count). The van der Waals surface area contributed by atoms with E-state index in [-0.39, 0.29) is 23.1 Å². The fourth-order valence-corrected chi connectivity index (χ4v) is 5.00. The summed E-state index contributed by atoms with van der Waals surface area (Å²) in [5.74, 6) is -0.380. The van der Waals surface area contributed by atoms with Crippen LogP contribution in [0.25, 0.3) is 0 Å². The molecule has 0 unspecified atom stereocenters. The van der Waals surface area contributed by atoms with Crippen molar-refractivity contribution in [1.29, 1.82) is 0 Å². The SMILES string of the molecule is CS(=O)(=O)N1C[C@H](C(=O)Nc2ccc(S(=O)(=O)Nc3ncccn3)cc2)Oc2ccccc21. The molecule has 0 fully saturated rings. The number of rotatable bonds is 6. The van der Waals surface area contributed by atoms with Gasteiger partial charge in [0.1, 0.15) is 5.75 Å². The molecular weight excluding hydrogens is 470 g/mol. The Balaban J connectivity index is 1.48. The first-order valence-electron chi connectivity index (χ1n) is 9.58. The summed E-state index contributed by atoms with van der Waals surface area (Å²) in [6, 6.07) is 13.5. The lowest BCUT2D eigenvalue weighted by molar-refractivity contribution is -0.122. The Kier molecular flexibility index (Phi) is 5.91.